The van der Waals surface area contributed by atoms with Crippen LogP contribution in [-0.4, -0.2) is 36.9 Å². The van der Waals surface area contributed by atoms with Crippen molar-refractivity contribution in [3.63, 3.8) is 0 Å². The van der Waals surface area contributed by atoms with Crippen LogP contribution in [0.1, 0.15) is 17.3 Å². The van der Waals surface area contributed by atoms with Gasteiger partial charge in [-0.1, -0.05) is 15.9 Å². The molecule has 0 saturated heterocycles. The molecule has 2 amide bonds. The highest BCUT2D eigenvalue weighted by Crippen LogP contribution is 2.18. The third-order valence-corrected chi connectivity index (χ3v) is 3.05. The fourth-order valence-corrected chi connectivity index (χ4v) is 1.68. The lowest BCUT2D eigenvalue weighted by Crippen LogP contribution is -2.38. The molecule has 5 nitrogen and oxygen atoms in total. The molecule has 0 unspecified atom stereocenters. The number of nitrogens with one attached hydrogen (secondary N) is 1. The molecule has 0 aromatic heterocycles. The molecule has 1 aromatic carbocycles. The highest BCUT2D eigenvalue weighted by molar-refractivity contribution is 9.10. The average molecular weight is 314 g/mol. The van der Waals surface area contributed by atoms with Crippen molar-refractivity contribution in [3.05, 3.63) is 28.2 Å². The smallest absolute Gasteiger partial charge is 0.253 e. The van der Waals surface area contributed by atoms with Crippen molar-refractivity contribution >= 4 is 33.4 Å². The van der Waals surface area contributed by atoms with E-state index in [-0.39, 0.29) is 18.4 Å². The van der Waals surface area contributed by atoms with Crippen molar-refractivity contribution in [2.24, 2.45) is 0 Å². The van der Waals surface area contributed by atoms with E-state index in [1.165, 1.54) is 4.90 Å². The van der Waals surface area contributed by atoms with E-state index in [1.54, 1.807) is 25.2 Å². The number of hydrogen-bond acceptors (Lipinski definition) is 3. The Morgan fingerprint density at radius 3 is 2.67 bits per heavy atom. The lowest BCUT2D eigenvalue weighted by Gasteiger charge is -2.15. The Hall–Kier alpha value is -1.56. The van der Waals surface area contributed by atoms with Gasteiger partial charge in [0.05, 0.1) is 12.1 Å². The summed E-state index contributed by atoms with van der Waals surface area (Å²) in [4.78, 5) is 24.9. The van der Waals surface area contributed by atoms with Crippen LogP contribution in [0.15, 0.2) is 22.7 Å². The number of amides is 2. The fraction of sp³-hybridized carbons (Fsp3) is 0.333. The Morgan fingerprint density at radius 2 is 2.11 bits per heavy atom. The first-order chi connectivity index (χ1) is 8.45. The Morgan fingerprint density at radius 1 is 1.44 bits per heavy atom. The normalized spacial score (nSPS) is 9.94. The van der Waals surface area contributed by atoms with Crippen LogP contribution in [0.5, 0.6) is 0 Å². The number of carbonyl (C=O) groups excluding carboxylic acids is 2. The van der Waals surface area contributed by atoms with E-state index >= 15 is 0 Å². The minimum absolute atomic E-state index is 0.0291. The van der Waals surface area contributed by atoms with Crippen LogP contribution >= 0.6 is 15.9 Å². The zero-order valence-electron chi connectivity index (χ0n) is 10.4. The lowest BCUT2D eigenvalue weighted by molar-refractivity contribution is -0.128. The molecule has 18 heavy (non-hydrogen) atoms. The van der Waals surface area contributed by atoms with Crippen LogP contribution in [-0.2, 0) is 4.79 Å². The van der Waals surface area contributed by atoms with E-state index < -0.39 is 0 Å². The van der Waals surface area contributed by atoms with Crippen molar-refractivity contribution < 1.29 is 9.59 Å². The van der Waals surface area contributed by atoms with Crippen LogP contribution in [0.3, 0.4) is 0 Å². The first kappa shape index (κ1) is 14.5. The zero-order valence-corrected chi connectivity index (χ0v) is 12.0. The van der Waals surface area contributed by atoms with Crippen molar-refractivity contribution in [1.82, 2.24) is 10.2 Å². The van der Waals surface area contributed by atoms with Crippen LogP contribution in [0.4, 0.5) is 5.69 Å². The number of nitrogen functional groups attached to an aromatic ring is 1. The summed E-state index contributed by atoms with van der Waals surface area (Å²) in [6, 6.07) is 4.99. The summed E-state index contributed by atoms with van der Waals surface area (Å²) in [7, 11) is 1.68. The van der Waals surface area contributed by atoms with E-state index in [9.17, 15) is 9.59 Å². The summed E-state index contributed by atoms with van der Waals surface area (Å²) >= 11 is 3.26. The predicted molar refractivity (Wildman–Crippen MR) is 74.2 cm³/mol. The van der Waals surface area contributed by atoms with Gasteiger partial charge in [-0.15, -0.1) is 0 Å². The maximum atomic E-state index is 11.8. The largest absolute Gasteiger partial charge is 0.398 e. The second-order valence-electron chi connectivity index (χ2n) is 3.82. The van der Waals surface area contributed by atoms with Gasteiger partial charge in [0.15, 0.2) is 0 Å². The molecule has 0 saturated carbocycles. The first-order valence-corrected chi connectivity index (χ1v) is 6.32. The van der Waals surface area contributed by atoms with Crippen molar-refractivity contribution in [3.8, 4) is 0 Å². The van der Waals surface area contributed by atoms with Gasteiger partial charge >= 0.3 is 0 Å². The molecule has 0 aliphatic heterocycles. The first-order valence-electron chi connectivity index (χ1n) is 5.53. The number of halogens is 1. The van der Waals surface area contributed by atoms with E-state index in [2.05, 4.69) is 21.2 Å². The zero-order chi connectivity index (χ0) is 13.7. The Bertz CT molecular complexity index is 463. The molecule has 98 valence electrons. The van der Waals surface area contributed by atoms with Gasteiger partial charge in [0, 0.05) is 23.8 Å². The molecule has 0 atom stereocenters. The van der Waals surface area contributed by atoms with Crippen LogP contribution in [0.2, 0.25) is 0 Å². The second-order valence-corrected chi connectivity index (χ2v) is 4.74. The highest BCUT2D eigenvalue weighted by atomic mass is 79.9. The number of nitrogens with zero attached hydrogens (tertiary/aromatic N) is 1. The molecule has 0 fully saturated rings. The van der Waals surface area contributed by atoms with E-state index in [1.807, 2.05) is 6.92 Å². The average Bonchev–Trinajstić information content (AvgIpc) is 2.34. The summed E-state index contributed by atoms with van der Waals surface area (Å²) in [6.07, 6.45) is 0. The predicted octanol–water partition coefficient (Wildman–Crippen LogP) is 1.24. The van der Waals surface area contributed by atoms with Gasteiger partial charge in [-0.25, -0.2) is 0 Å². The standard InChI is InChI=1S/C12H16BrN3O2/c1-3-16(2)11(17)7-15-12(18)9-5-4-8(13)6-10(9)14/h4-6H,3,7,14H2,1-2H3,(H,15,18). The Kier molecular flexibility index (Phi) is 5.15. The molecule has 1 aromatic rings. The third kappa shape index (κ3) is 3.73. The summed E-state index contributed by atoms with van der Waals surface area (Å²) in [5.41, 5.74) is 6.47. The summed E-state index contributed by atoms with van der Waals surface area (Å²) in [6.45, 7) is 2.44. The van der Waals surface area contributed by atoms with Gasteiger partial charge in [-0.05, 0) is 25.1 Å². The number of carbonyl (C=O) groups is 2. The van der Waals surface area contributed by atoms with Gasteiger partial charge in [-0.2, -0.15) is 0 Å². The number of rotatable bonds is 4. The topological polar surface area (TPSA) is 75.4 Å². The molecule has 0 radical (unpaired) electrons. The molecule has 3 N–H and O–H groups in total. The van der Waals surface area contributed by atoms with Gasteiger partial charge in [0.2, 0.25) is 5.91 Å². The maximum absolute atomic E-state index is 11.8. The Balaban J connectivity index is 2.63. The molecular weight excluding hydrogens is 298 g/mol. The Labute approximate surface area is 114 Å². The fourth-order valence-electron chi connectivity index (χ4n) is 1.30. The van der Waals surface area contributed by atoms with Gasteiger partial charge < -0.3 is 16.0 Å². The lowest BCUT2D eigenvalue weighted by atomic mass is 10.1. The quantitative estimate of drug-likeness (QED) is 0.821. The van der Waals surface area contributed by atoms with Gasteiger partial charge in [0.25, 0.3) is 5.91 Å². The van der Waals surface area contributed by atoms with E-state index in [4.69, 9.17) is 5.73 Å². The van der Waals surface area contributed by atoms with Crippen molar-refractivity contribution in [2.75, 3.05) is 25.9 Å². The van der Waals surface area contributed by atoms with Crippen LogP contribution in [0.25, 0.3) is 0 Å². The summed E-state index contributed by atoms with van der Waals surface area (Å²) in [5, 5.41) is 2.55. The van der Waals surface area contributed by atoms with E-state index in [0.29, 0.717) is 17.8 Å². The van der Waals surface area contributed by atoms with Crippen molar-refractivity contribution in [2.45, 2.75) is 6.92 Å². The van der Waals surface area contributed by atoms with Crippen LogP contribution < -0.4 is 11.1 Å². The monoisotopic (exact) mass is 313 g/mol. The number of likely N-dealkylation sites (N-methyl/N-ethyl adjacent to an activating group) is 1. The van der Waals surface area contributed by atoms with Gasteiger partial charge in [-0.3, -0.25) is 9.59 Å². The number of nitrogens with two attached hydrogens (primary N) is 1. The third-order valence-electron chi connectivity index (χ3n) is 2.56. The molecular formula is C12H16BrN3O2. The number of benzene rings is 1. The van der Waals surface area contributed by atoms with Crippen LogP contribution in [0, 0.1) is 0 Å². The molecule has 0 heterocycles. The molecule has 1 rings (SSSR count). The molecule has 6 heteroatoms. The van der Waals surface area contributed by atoms with E-state index in [0.717, 1.165) is 4.47 Å². The maximum Gasteiger partial charge on any atom is 0.253 e. The number of anilines is 1. The SMILES string of the molecule is CCN(C)C(=O)CNC(=O)c1ccc(Br)cc1N. The second kappa shape index (κ2) is 6.39. The summed E-state index contributed by atoms with van der Waals surface area (Å²) in [5.74, 6) is -0.487. The van der Waals surface area contributed by atoms with Crippen molar-refractivity contribution in [1.29, 1.82) is 0 Å². The summed E-state index contributed by atoms with van der Waals surface area (Å²) < 4.78 is 0.804. The van der Waals surface area contributed by atoms with Gasteiger partial charge in [0.1, 0.15) is 0 Å². The molecule has 0 aliphatic carbocycles. The number of hydrogen-bond donors (Lipinski definition) is 2. The highest BCUT2D eigenvalue weighted by Gasteiger charge is 2.12. The minimum Gasteiger partial charge on any atom is -0.398 e. The molecule has 0 spiro atoms. The molecule has 0 aliphatic rings. The minimum atomic E-state index is -0.349. The molecule has 0 bridgehead atoms.